The number of hydrogen-bond donors (Lipinski definition) is 0. The molecule has 0 saturated heterocycles. The highest BCUT2D eigenvalue weighted by Gasteiger charge is 2.13. The van der Waals surface area contributed by atoms with Crippen LogP contribution in [0.5, 0.6) is 5.75 Å². The zero-order chi connectivity index (χ0) is 16.4. The Kier molecular flexibility index (Phi) is 4.61. The Hall–Kier alpha value is -1.95. The molecular weight excluding hydrogens is 308 g/mol. The van der Waals surface area contributed by atoms with Gasteiger partial charge in [-0.25, -0.2) is 0 Å². The van der Waals surface area contributed by atoms with Gasteiger partial charge in [0.25, 0.3) is 0 Å². The van der Waals surface area contributed by atoms with Gasteiger partial charge in [0.2, 0.25) is 4.96 Å². The van der Waals surface area contributed by atoms with Crippen LogP contribution in [0.25, 0.3) is 4.96 Å². The maximum absolute atomic E-state index is 6.05. The molecule has 2 aromatic heterocycles. The second-order valence-corrected chi connectivity index (χ2v) is 7.08. The lowest BCUT2D eigenvalue weighted by atomic mass is 10.0. The number of ether oxygens (including phenoxy) is 1. The molecule has 0 atom stereocenters. The molecule has 3 aromatic rings. The topological polar surface area (TPSA) is 52.3 Å². The van der Waals surface area contributed by atoms with Crippen LogP contribution >= 0.6 is 11.3 Å². The molecule has 122 valence electrons. The zero-order valence-electron chi connectivity index (χ0n) is 14.0. The van der Waals surface area contributed by atoms with Crippen LogP contribution in [-0.4, -0.2) is 19.8 Å². The molecule has 0 fully saturated rings. The van der Waals surface area contributed by atoms with Gasteiger partial charge in [-0.1, -0.05) is 44.2 Å². The number of aryl methyl sites for hydroxylation is 2. The molecule has 23 heavy (non-hydrogen) atoms. The average molecular weight is 330 g/mol. The van der Waals surface area contributed by atoms with Gasteiger partial charge in [-0.05, 0) is 36.5 Å². The van der Waals surface area contributed by atoms with Crippen LogP contribution in [0.1, 0.15) is 55.1 Å². The lowest BCUT2D eigenvalue weighted by Crippen LogP contribution is -2.02. The first-order chi connectivity index (χ1) is 11.1. The van der Waals surface area contributed by atoms with Gasteiger partial charge in [-0.3, -0.25) is 0 Å². The summed E-state index contributed by atoms with van der Waals surface area (Å²) in [6.07, 6.45) is 1.92. The SMILES string of the molecule is CCCc1nnc2sc(COc3cc(C)ccc3C(C)C)nn12. The predicted octanol–water partition coefficient (Wildman–Crippen LogP) is 4.15. The molecule has 0 aliphatic carbocycles. The summed E-state index contributed by atoms with van der Waals surface area (Å²) in [5.41, 5.74) is 2.43. The average Bonchev–Trinajstić information content (AvgIpc) is 3.07. The van der Waals surface area contributed by atoms with Crippen molar-refractivity contribution in [2.45, 2.75) is 53.1 Å². The summed E-state index contributed by atoms with van der Waals surface area (Å²) < 4.78 is 7.89. The van der Waals surface area contributed by atoms with Crippen LogP contribution in [0.15, 0.2) is 18.2 Å². The molecule has 0 radical (unpaired) electrons. The summed E-state index contributed by atoms with van der Waals surface area (Å²) >= 11 is 1.53. The zero-order valence-corrected chi connectivity index (χ0v) is 14.9. The summed E-state index contributed by atoms with van der Waals surface area (Å²) in [6, 6.07) is 6.37. The molecule has 0 bridgehead atoms. The largest absolute Gasteiger partial charge is 0.486 e. The quantitative estimate of drug-likeness (QED) is 0.681. The first-order valence-electron chi connectivity index (χ1n) is 8.01. The van der Waals surface area contributed by atoms with Crippen LogP contribution in [0.4, 0.5) is 0 Å². The van der Waals surface area contributed by atoms with Gasteiger partial charge in [-0.15, -0.1) is 10.2 Å². The third kappa shape index (κ3) is 3.37. The van der Waals surface area contributed by atoms with Crippen molar-refractivity contribution in [2.24, 2.45) is 0 Å². The molecule has 0 N–H and O–H groups in total. The fraction of sp³-hybridized carbons (Fsp3) is 0.471. The van der Waals surface area contributed by atoms with Gasteiger partial charge in [-0.2, -0.15) is 9.61 Å². The van der Waals surface area contributed by atoms with Crippen LogP contribution in [0.2, 0.25) is 0 Å². The van der Waals surface area contributed by atoms with Crippen LogP contribution in [0.3, 0.4) is 0 Å². The van der Waals surface area contributed by atoms with E-state index in [1.54, 1.807) is 0 Å². The van der Waals surface area contributed by atoms with Crippen molar-refractivity contribution in [1.29, 1.82) is 0 Å². The number of rotatable bonds is 6. The molecule has 2 heterocycles. The maximum atomic E-state index is 6.05. The van der Waals surface area contributed by atoms with Gasteiger partial charge in [0.15, 0.2) is 10.8 Å². The molecule has 6 heteroatoms. The Labute approximate surface area is 140 Å². The molecular formula is C17H22N4OS. The van der Waals surface area contributed by atoms with Crippen molar-refractivity contribution in [2.75, 3.05) is 0 Å². The number of aromatic nitrogens is 4. The van der Waals surface area contributed by atoms with E-state index in [9.17, 15) is 0 Å². The summed E-state index contributed by atoms with van der Waals surface area (Å²) in [4.78, 5) is 0.834. The highest BCUT2D eigenvalue weighted by Crippen LogP contribution is 2.28. The van der Waals surface area contributed by atoms with E-state index in [4.69, 9.17) is 4.74 Å². The summed E-state index contributed by atoms with van der Waals surface area (Å²) in [5.74, 6) is 2.29. The molecule has 0 unspecified atom stereocenters. The van der Waals surface area contributed by atoms with E-state index in [1.165, 1.54) is 22.5 Å². The molecule has 0 aliphatic rings. The number of benzene rings is 1. The maximum Gasteiger partial charge on any atom is 0.234 e. The third-order valence-electron chi connectivity index (χ3n) is 3.71. The van der Waals surface area contributed by atoms with E-state index in [2.05, 4.69) is 61.2 Å². The predicted molar refractivity (Wildman–Crippen MR) is 92.3 cm³/mol. The van der Waals surface area contributed by atoms with E-state index < -0.39 is 0 Å². The van der Waals surface area contributed by atoms with Crippen LogP contribution in [0, 0.1) is 6.92 Å². The van der Waals surface area contributed by atoms with Gasteiger partial charge >= 0.3 is 0 Å². The second-order valence-electron chi connectivity index (χ2n) is 6.04. The normalized spacial score (nSPS) is 11.5. The molecule has 5 nitrogen and oxygen atoms in total. The van der Waals surface area contributed by atoms with Gasteiger partial charge in [0.1, 0.15) is 12.4 Å². The Morgan fingerprint density at radius 2 is 2.09 bits per heavy atom. The van der Waals surface area contributed by atoms with Crippen molar-refractivity contribution in [3.8, 4) is 5.75 Å². The first kappa shape index (κ1) is 15.9. The fourth-order valence-corrected chi connectivity index (χ4v) is 3.28. The molecule has 0 amide bonds. The molecule has 0 aliphatic heterocycles. The summed E-state index contributed by atoms with van der Waals surface area (Å²) in [5, 5.41) is 13.9. The van der Waals surface area contributed by atoms with Gasteiger partial charge in [0.05, 0.1) is 0 Å². The Balaban J connectivity index is 1.79. The fourth-order valence-electron chi connectivity index (χ4n) is 2.52. The highest BCUT2D eigenvalue weighted by molar-refractivity contribution is 7.16. The monoisotopic (exact) mass is 330 g/mol. The van der Waals surface area contributed by atoms with Crippen molar-refractivity contribution < 1.29 is 4.74 Å². The second kappa shape index (κ2) is 6.66. The first-order valence-corrected chi connectivity index (χ1v) is 8.83. The van der Waals surface area contributed by atoms with E-state index >= 15 is 0 Å². The number of fused-ring (bicyclic) bond motifs is 1. The van der Waals surface area contributed by atoms with Crippen molar-refractivity contribution >= 4 is 16.3 Å². The molecule has 1 aromatic carbocycles. The summed E-state index contributed by atoms with van der Waals surface area (Å²) in [7, 11) is 0. The molecule has 0 spiro atoms. The minimum Gasteiger partial charge on any atom is -0.486 e. The van der Waals surface area contributed by atoms with Crippen molar-refractivity contribution in [3.05, 3.63) is 40.2 Å². The van der Waals surface area contributed by atoms with Crippen LogP contribution in [-0.2, 0) is 13.0 Å². The smallest absolute Gasteiger partial charge is 0.234 e. The number of hydrogen-bond acceptors (Lipinski definition) is 5. The molecule has 0 saturated carbocycles. The van der Waals surface area contributed by atoms with E-state index in [1.807, 2.05) is 4.52 Å². The van der Waals surface area contributed by atoms with E-state index in [-0.39, 0.29) is 0 Å². The highest BCUT2D eigenvalue weighted by atomic mass is 32.1. The Bertz CT molecular complexity index is 806. The third-order valence-corrected chi connectivity index (χ3v) is 4.59. The lowest BCUT2D eigenvalue weighted by Gasteiger charge is -2.14. The van der Waals surface area contributed by atoms with E-state index in [0.717, 1.165) is 34.4 Å². The number of nitrogens with zero attached hydrogens (tertiary/aromatic N) is 4. The lowest BCUT2D eigenvalue weighted by molar-refractivity contribution is 0.299. The molecule has 3 rings (SSSR count). The Morgan fingerprint density at radius 3 is 2.83 bits per heavy atom. The minimum absolute atomic E-state index is 0.430. The Morgan fingerprint density at radius 1 is 1.26 bits per heavy atom. The van der Waals surface area contributed by atoms with E-state index in [0.29, 0.717) is 12.5 Å². The van der Waals surface area contributed by atoms with Gasteiger partial charge < -0.3 is 4.74 Å². The van der Waals surface area contributed by atoms with Crippen LogP contribution < -0.4 is 4.74 Å². The minimum atomic E-state index is 0.430. The van der Waals surface area contributed by atoms with Gasteiger partial charge in [0, 0.05) is 6.42 Å². The summed E-state index contributed by atoms with van der Waals surface area (Å²) in [6.45, 7) is 9.03. The standard InChI is InChI=1S/C17H22N4OS/c1-5-6-15-18-19-17-21(15)20-16(23-17)10-22-14-9-12(4)7-8-13(14)11(2)3/h7-9,11H,5-6,10H2,1-4H3. The van der Waals surface area contributed by atoms with Crippen molar-refractivity contribution in [1.82, 2.24) is 19.8 Å². The van der Waals surface area contributed by atoms with Crippen molar-refractivity contribution in [3.63, 3.8) is 0 Å².